The first-order chi connectivity index (χ1) is 9.10. The molecule has 19 heavy (non-hydrogen) atoms. The molecular weight excluding hydrogens is 236 g/mol. The first-order valence-electron chi connectivity index (χ1n) is 6.66. The molecule has 2 N–H and O–H groups in total. The van der Waals surface area contributed by atoms with Gasteiger partial charge in [-0.1, -0.05) is 17.7 Å². The second-order valence-electron chi connectivity index (χ2n) is 5.04. The number of anilines is 1. The minimum Gasteiger partial charge on any atom is -0.464 e. The van der Waals surface area contributed by atoms with Crippen LogP contribution in [0.25, 0.3) is 0 Å². The summed E-state index contributed by atoms with van der Waals surface area (Å²) >= 11 is 0. The molecule has 0 amide bonds. The highest BCUT2D eigenvalue weighted by atomic mass is 16.3. The lowest BCUT2D eigenvalue weighted by molar-refractivity contribution is 0.481. The predicted octanol–water partition coefficient (Wildman–Crippen LogP) is 3.03. The summed E-state index contributed by atoms with van der Waals surface area (Å²) in [4.78, 5) is 2.21. The Bertz CT molecular complexity index is 545. The van der Waals surface area contributed by atoms with E-state index in [1.807, 2.05) is 19.1 Å². The molecule has 0 atom stereocenters. The van der Waals surface area contributed by atoms with Crippen LogP contribution in [0.3, 0.4) is 0 Å². The highest BCUT2D eigenvalue weighted by Crippen LogP contribution is 2.23. The van der Waals surface area contributed by atoms with E-state index in [1.54, 1.807) is 0 Å². The van der Waals surface area contributed by atoms with Gasteiger partial charge in [0.25, 0.3) is 0 Å². The monoisotopic (exact) mass is 258 g/mol. The zero-order valence-corrected chi connectivity index (χ0v) is 11.9. The predicted molar refractivity (Wildman–Crippen MR) is 79.5 cm³/mol. The number of rotatable bonds is 5. The van der Waals surface area contributed by atoms with Gasteiger partial charge in [0.15, 0.2) is 0 Å². The molecule has 0 bridgehead atoms. The van der Waals surface area contributed by atoms with E-state index < -0.39 is 0 Å². The number of nitrogens with zero attached hydrogens (tertiary/aromatic N) is 1. The molecule has 0 radical (unpaired) electrons. The van der Waals surface area contributed by atoms with Gasteiger partial charge in [0.2, 0.25) is 0 Å². The maximum absolute atomic E-state index is 5.70. The average molecular weight is 258 g/mol. The summed E-state index contributed by atoms with van der Waals surface area (Å²) in [5.41, 5.74) is 9.50. The van der Waals surface area contributed by atoms with Crippen molar-refractivity contribution in [3.05, 3.63) is 53.0 Å². The van der Waals surface area contributed by atoms with Crippen LogP contribution in [0.1, 0.15) is 22.6 Å². The van der Waals surface area contributed by atoms with E-state index >= 15 is 0 Å². The van der Waals surface area contributed by atoms with Gasteiger partial charge in [0, 0.05) is 12.7 Å². The number of hydrogen-bond acceptors (Lipinski definition) is 3. The van der Waals surface area contributed by atoms with Gasteiger partial charge in [0.1, 0.15) is 11.5 Å². The lowest BCUT2D eigenvalue weighted by Crippen LogP contribution is -2.18. The topological polar surface area (TPSA) is 42.4 Å². The zero-order chi connectivity index (χ0) is 13.8. The lowest BCUT2D eigenvalue weighted by Gasteiger charge is -2.22. The van der Waals surface area contributed by atoms with Gasteiger partial charge in [-0.05, 0) is 50.6 Å². The normalized spacial score (nSPS) is 10.7. The van der Waals surface area contributed by atoms with E-state index in [2.05, 4.69) is 37.1 Å². The first kappa shape index (κ1) is 13.7. The Morgan fingerprint density at radius 3 is 2.58 bits per heavy atom. The molecular formula is C16H22N2O. The molecule has 2 aromatic rings. The molecule has 102 valence electrons. The average Bonchev–Trinajstić information content (AvgIpc) is 2.75. The van der Waals surface area contributed by atoms with Crippen molar-refractivity contribution >= 4 is 5.69 Å². The molecule has 0 unspecified atom stereocenters. The molecule has 0 aliphatic heterocycles. The molecule has 0 spiro atoms. The summed E-state index contributed by atoms with van der Waals surface area (Å²) in [6.07, 6.45) is 0.901. The van der Waals surface area contributed by atoms with E-state index in [9.17, 15) is 0 Å². The Balaban J connectivity index is 2.20. The summed E-state index contributed by atoms with van der Waals surface area (Å²) in [5, 5.41) is 0. The molecule has 0 aliphatic rings. The quantitative estimate of drug-likeness (QED) is 0.896. The van der Waals surface area contributed by atoms with Gasteiger partial charge < -0.3 is 15.1 Å². The van der Waals surface area contributed by atoms with Crippen molar-refractivity contribution < 1.29 is 4.42 Å². The number of benzene rings is 1. The van der Waals surface area contributed by atoms with Crippen molar-refractivity contribution in [3.63, 3.8) is 0 Å². The smallest absolute Gasteiger partial charge is 0.123 e. The highest BCUT2D eigenvalue weighted by molar-refractivity contribution is 5.54. The van der Waals surface area contributed by atoms with Crippen molar-refractivity contribution in [2.75, 3.05) is 18.5 Å². The van der Waals surface area contributed by atoms with E-state index in [0.717, 1.165) is 24.5 Å². The SMILES string of the molecule is Cc1ccc(N(C)Cc2ccc(C)o2)c(CCN)c1. The van der Waals surface area contributed by atoms with Crippen LogP contribution < -0.4 is 10.6 Å². The number of nitrogens with two attached hydrogens (primary N) is 1. The second-order valence-corrected chi connectivity index (χ2v) is 5.04. The van der Waals surface area contributed by atoms with Crippen LogP contribution in [-0.4, -0.2) is 13.6 Å². The molecule has 0 saturated carbocycles. The standard InChI is InChI=1S/C16H22N2O/c1-12-4-7-16(14(10-12)8-9-17)18(3)11-15-6-5-13(2)19-15/h4-7,10H,8-9,11,17H2,1-3H3. The third kappa shape index (κ3) is 3.38. The Hall–Kier alpha value is -1.74. The van der Waals surface area contributed by atoms with Gasteiger partial charge in [-0.2, -0.15) is 0 Å². The van der Waals surface area contributed by atoms with Gasteiger partial charge in [-0.15, -0.1) is 0 Å². The summed E-state index contributed by atoms with van der Waals surface area (Å²) in [7, 11) is 2.09. The van der Waals surface area contributed by atoms with Crippen LogP contribution in [0.15, 0.2) is 34.7 Å². The third-order valence-electron chi connectivity index (χ3n) is 3.25. The van der Waals surface area contributed by atoms with Crippen LogP contribution in [0.4, 0.5) is 5.69 Å². The first-order valence-corrected chi connectivity index (χ1v) is 6.66. The molecule has 0 aliphatic carbocycles. The molecule has 0 fully saturated rings. The van der Waals surface area contributed by atoms with E-state index in [-0.39, 0.29) is 0 Å². The van der Waals surface area contributed by atoms with Gasteiger partial charge >= 0.3 is 0 Å². The van der Waals surface area contributed by atoms with E-state index in [4.69, 9.17) is 10.2 Å². The Labute approximate surface area is 115 Å². The van der Waals surface area contributed by atoms with Crippen LogP contribution in [-0.2, 0) is 13.0 Å². The van der Waals surface area contributed by atoms with Crippen LogP contribution in [0, 0.1) is 13.8 Å². The van der Waals surface area contributed by atoms with Crippen molar-refractivity contribution in [1.29, 1.82) is 0 Å². The Kier molecular flexibility index (Phi) is 4.27. The van der Waals surface area contributed by atoms with E-state index in [0.29, 0.717) is 6.54 Å². The summed E-state index contributed by atoms with van der Waals surface area (Å²) in [5.74, 6) is 1.94. The zero-order valence-electron chi connectivity index (χ0n) is 11.9. The minimum atomic E-state index is 0.671. The molecule has 2 rings (SSSR count). The van der Waals surface area contributed by atoms with Crippen molar-refractivity contribution in [3.8, 4) is 0 Å². The van der Waals surface area contributed by atoms with Gasteiger partial charge in [-0.3, -0.25) is 0 Å². The van der Waals surface area contributed by atoms with E-state index in [1.165, 1.54) is 16.8 Å². The van der Waals surface area contributed by atoms with Crippen molar-refractivity contribution in [2.24, 2.45) is 5.73 Å². The van der Waals surface area contributed by atoms with Crippen molar-refractivity contribution in [2.45, 2.75) is 26.8 Å². The van der Waals surface area contributed by atoms with Crippen LogP contribution >= 0.6 is 0 Å². The minimum absolute atomic E-state index is 0.671. The molecule has 1 aromatic carbocycles. The molecule has 0 saturated heterocycles. The number of hydrogen-bond donors (Lipinski definition) is 1. The summed E-state index contributed by atoms with van der Waals surface area (Å²) < 4.78 is 5.63. The third-order valence-corrected chi connectivity index (χ3v) is 3.25. The molecule has 3 heteroatoms. The fraction of sp³-hybridized carbons (Fsp3) is 0.375. The van der Waals surface area contributed by atoms with Gasteiger partial charge in [0.05, 0.1) is 6.54 Å². The van der Waals surface area contributed by atoms with Crippen LogP contribution in [0.5, 0.6) is 0 Å². The molecule has 1 heterocycles. The Morgan fingerprint density at radius 2 is 1.95 bits per heavy atom. The van der Waals surface area contributed by atoms with Crippen LogP contribution in [0.2, 0.25) is 0 Å². The fourth-order valence-electron chi connectivity index (χ4n) is 2.33. The largest absolute Gasteiger partial charge is 0.464 e. The van der Waals surface area contributed by atoms with Gasteiger partial charge in [-0.25, -0.2) is 0 Å². The number of aryl methyl sites for hydroxylation is 2. The molecule has 3 nitrogen and oxygen atoms in total. The Morgan fingerprint density at radius 1 is 1.16 bits per heavy atom. The maximum Gasteiger partial charge on any atom is 0.123 e. The summed E-state index contributed by atoms with van der Waals surface area (Å²) in [6, 6.07) is 10.5. The highest BCUT2D eigenvalue weighted by Gasteiger charge is 2.09. The maximum atomic E-state index is 5.70. The molecule has 1 aromatic heterocycles. The number of furan rings is 1. The fourth-order valence-corrected chi connectivity index (χ4v) is 2.33. The lowest BCUT2D eigenvalue weighted by atomic mass is 10.1. The van der Waals surface area contributed by atoms with Crippen molar-refractivity contribution in [1.82, 2.24) is 0 Å². The second kappa shape index (κ2) is 5.93. The summed E-state index contributed by atoms with van der Waals surface area (Å²) in [6.45, 7) is 5.52.